The van der Waals surface area contributed by atoms with E-state index in [0.29, 0.717) is 0 Å². The van der Waals surface area contributed by atoms with Gasteiger partial charge in [0.05, 0.1) is 0 Å². The molecule has 7 heavy (non-hydrogen) atoms. The Morgan fingerprint density at radius 1 is 2.00 bits per heavy atom. The van der Waals surface area contributed by atoms with Crippen LogP contribution in [0.4, 0.5) is 9.18 Å². The Balaban J connectivity index is 3.34. The fraction of sp³-hybridized carbons (Fsp3) is 0.667. The topological polar surface area (TPSA) is 20.3 Å². The molecule has 0 rings (SSSR count). The van der Waals surface area contributed by atoms with Gasteiger partial charge in [-0.15, -0.1) is 0 Å². The van der Waals surface area contributed by atoms with Crippen molar-refractivity contribution in [2.45, 2.75) is 0 Å². The number of hydrogen-bond acceptors (Lipinski definition) is 1. The predicted octanol–water partition coefficient (Wildman–Crippen LogP) is -0.134. The summed E-state index contributed by atoms with van der Waals surface area (Å²) < 4.78 is 11.3. The van der Waals surface area contributed by atoms with Crippen LogP contribution in [-0.2, 0) is 0 Å². The number of rotatable bonds is 1. The minimum atomic E-state index is -0.657. The molecular weight excluding hydrogens is 292 g/mol. The molecule has 1 amide bonds. The van der Waals surface area contributed by atoms with Gasteiger partial charge in [0, 0.05) is 0 Å². The summed E-state index contributed by atoms with van der Waals surface area (Å²) in [5.74, 6) is 0. The molecule has 0 saturated heterocycles. The molecule has 0 aromatic carbocycles. The summed E-state index contributed by atoms with van der Waals surface area (Å²) in [5.41, 5.74) is 0. The first-order valence-electron chi connectivity index (χ1n) is 1.75. The van der Waals surface area contributed by atoms with Crippen molar-refractivity contribution in [1.82, 2.24) is 4.90 Å². The zero-order valence-corrected chi connectivity index (χ0v) is 8.51. The van der Waals surface area contributed by atoms with E-state index in [4.69, 9.17) is 0 Å². The van der Waals surface area contributed by atoms with Gasteiger partial charge in [0.2, 0.25) is 0 Å². The van der Waals surface area contributed by atoms with Crippen LogP contribution in [0, 0.1) is 0 Å². The van der Waals surface area contributed by atoms with Crippen molar-refractivity contribution in [2.75, 3.05) is 13.8 Å². The van der Waals surface area contributed by atoms with Gasteiger partial charge in [-0.1, -0.05) is 0 Å². The number of amides is 1. The van der Waals surface area contributed by atoms with Crippen LogP contribution in [-0.4, -0.2) is 48.0 Å². The molecule has 0 aliphatic heterocycles. The van der Waals surface area contributed by atoms with E-state index < -0.39 is 6.80 Å². The summed E-state index contributed by atoms with van der Waals surface area (Å²) in [6.45, 7) is -0.657. The van der Waals surface area contributed by atoms with Crippen molar-refractivity contribution in [1.29, 1.82) is 0 Å². The van der Waals surface area contributed by atoms with Gasteiger partial charge in [-0.05, 0) is 0 Å². The van der Waals surface area contributed by atoms with Crippen LogP contribution in [0.15, 0.2) is 0 Å². The summed E-state index contributed by atoms with van der Waals surface area (Å²) in [5, 5.41) is 0. The molecule has 0 aliphatic rings. The Kier molecular flexibility index (Phi) is 3.49. The molecule has 0 atom stereocenters. The van der Waals surface area contributed by atoms with Gasteiger partial charge < -0.3 is 0 Å². The Morgan fingerprint density at radius 2 is 2.43 bits per heavy atom. The number of nitrogens with zero attached hydrogens (tertiary/aromatic N) is 1. The van der Waals surface area contributed by atoms with Gasteiger partial charge >= 0.3 is 57.2 Å². The second-order valence-electron chi connectivity index (χ2n) is 1.16. The van der Waals surface area contributed by atoms with Gasteiger partial charge in [-0.3, -0.25) is 0 Å². The van der Waals surface area contributed by atoms with Crippen molar-refractivity contribution in [3.8, 4) is 0 Å². The van der Waals surface area contributed by atoms with Crippen LogP contribution in [0.25, 0.3) is 0 Å². The van der Waals surface area contributed by atoms with Crippen molar-refractivity contribution >= 4 is 29.2 Å². The SMILES string of the molecule is CN(CF)[C](=O)[PbH]. The number of alkyl halides is 1. The second-order valence-corrected chi connectivity index (χ2v) is 3.08. The fourth-order valence-corrected chi connectivity index (χ4v) is 0.327. The van der Waals surface area contributed by atoms with Crippen molar-refractivity contribution in [3.63, 3.8) is 0 Å². The summed E-state index contributed by atoms with van der Waals surface area (Å²) in [6.07, 6.45) is 0. The average molecular weight is 298 g/mol. The van der Waals surface area contributed by atoms with Crippen LogP contribution in [0.3, 0.4) is 0 Å². The molecule has 0 aromatic heterocycles. The monoisotopic (exact) mass is 299 g/mol. The third-order valence-electron chi connectivity index (χ3n) is 0.556. The number of carbonyl (C=O) groups is 1. The first-order chi connectivity index (χ1) is 3.18. The Bertz CT molecular complexity index is 77.3. The minimum absolute atomic E-state index is 0.0810. The zero-order chi connectivity index (χ0) is 5.86. The van der Waals surface area contributed by atoms with E-state index >= 15 is 0 Å². The van der Waals surface area contributed by atoms with Crippen LogP contribution < -0.4 is 0 Å². The van der Waals surface area contributed by atoms with Crippen molar-refractivity contribution < 1.29 is 9.18 Å². The molecule has 0 saturated carbocycles. The van der Waals surface area contributed by atoms with Gasteiger partial charge in [0.1, 0.15) is 0 Å². The molecule has 0 aliphatic carbocycles. The van der Waals surface area contributed by atoms with Gasteiger partial charge in [-0.25, -0.2) is 0 Å². The predicted molar refractivity (Wildman–Crippen MR) is 26.3 cm³/mol. The van der Waals surface area contributed by atoms with Crippen LogP contribution in [0.5, 0.6) is 0 Å². The molecular formula is C3H6FNOPb. The van der Waals surface area contributed by atoms with E-state index in [0.717, 1.165) is 4.90 Å². The molecule has 0 fully saturated rings. The molecule has 0 heterocycles. The van der Waals surface area contributed by atoms with Gasteiger partial charge in [-0.2, -0.15) is 0 Å². The van der Waals surface area contributed by atoms with E-state index in [1.165, 1.54) is 7.05 Å². The molecule has 0 spiro atoms. The zero-order valence-electron chi connectivity index (χ0n) is 4.02. The number of carbonyl (C=O) groups excluding carboxylic acids is 1. The Morgan fingerprint density at radius 3 is 2.43 bits per heavy atom. The standard InChI is InChI=1S/C3H5FNO.Pb.H/c1-5(2-4)3-6;;/h2H2,1H3;;. The molecule has 0 bridgehead atoms. The van der Waals surface area contributed by atoms with Gasteiger partial charge in [0.25, 0.3) is 0 Å². The Labute approximate surface area is 57.4 Å². The molecule has 0 aromatic rings. The third-order valence-corrected chi connectivity index (χ3v) is 2.27. The molecule has 0 N–H and O–H groups in total. The maximum absolute atomic E-state index is 11.4. The van der Waals surface area contributed by atoms with E-state index in [9.17, 15) is 9.18 Å². The molecule has 0 unspecified atom stereocenters. The average Bonchev–Trinajstić information content (AvgIpc) is 1.65. The molecule has 2 radical (unpaired) electrons. The summed E-state index contributed by atoms with van der Waals surface area (Å²) >= 11 is 0.228. The van der Waals surface area contributed by atoms with E-state index in [1.54, 1.807) is 0 Å². The molecule has 4 heteroatoms. The first-order valence-corrected chi connectivity index (χ1v) is 3.99. The summed E-state index contributed by atoms with van der Waals surface area (Å²) in [4.78, 5) is 11.2. The van der Waals surface area contributed by atoms with Crippen LogP contribution >= 0.6 is 0 Å². The van der Waals surface area contributed by atoms with Crippen LogP contribution in [0.1, 0.15) is 0 Å². The second kappa shape index (κ2) is 3.34. The first kappa shape index (κ1) is 7.32. The normalized spacial score (nSPS) is 8.43. The molecule has 2 nitrogen and oxygen atoms in total. The van der Waals surface area contributed by atoms with E-state index in [2.05, 4.69) is 0 Å². The fourth-order valence-electron chi connectivity index (χ4n) is 0.0589. The number of hydrogen-bond donors (Lipinski definition) is 0. The van der Waals surface area contributed by atoms with Gasteiger partial charge in [0.15, 0.2) is 0 Å². The Hall–Kier alpha value is 0.322. The molecule has 40 valence electrons. The quantitative estimate of drug-likeness (QED) is 0.488. The van der Waals surface area contributed by atoms with E-state index in [-0.39, 0.29) is 29.2 Å². The van der Waals surface area contributed by atoms with Crippen molar-refractivity contribution in [2.24, 2.45) is 0 Å². The van der Waals surface area contributed by atoms with Crippen molar-refractivity contribution in [3.05, 3.63) is 0 Å². The van der Waals surface area contributed by atoms with E-state index in [1.807, 2.05) is 0 Å². The summed E-state index contributed by atoms with van der Waals surface area (Å²) in [7, 11) is 1.45. The third kappa shape index (κ3) is 2.95. The summed E-state index contributed by atoms with van der Waals surface area (Å²) in [6, 6.07) is 0. The number of halogens is 1. The van der Waals surface area contributed by atoms with Crippen LogP contribution in [0.2, 0.25) is 0 Å². The maximum atomic E-state index is 11.4.